The van der Waals surface area contributed by atoms with Crippen molar-refractivity contribution in [3.8, 4) is 0 Å². The van der Waals surface area contributed by atoms with Crippen LogP contribution in [0.15, 0.2) is 36.5 Å². The number of benzene rings is 1. The molecule has 9 nitrogen and oxygen atoms in total. The molecule has 10 heteroatoms. The lowest BCUT2D eigenvalue weighted by Crippen LogP contribution is -2.40. The van der Waals surface area contributed by atoms with Gasteiger partial charge in [0.25, 0.3) is 0 Å². The number of carbonyl (C=O) groups is 2. The summed E-state index contributed by atoms with van der Waals surface area (Å²) in [5.41, 5.74) is 2.83. The minimum Gasteiger partial charge on any atom is -0.353 e. The van der Waals surface area contributed by atoms with E-state index in [1.807, 2.05) is 48.9 Å². The van der Waals surface area contributed by atoms with Gasteiger partial charge in [0.1, 0.15) is 0 Å². The molecule has 0 radical (unpaired) electrons. The summed E-state index contributed by atoms with van der Waals surface area (Å²) in [7, 11) is 2.32. The van der Waals surface area contributed by atoms with Gasteiger partial charge in [-0.15, -0.1) is 0 Å². The SMILES string of the molecule is CN(C)C(CNC(=O)C(=O)Nc1ccc2c(c1)N(S(C)(=O)=O)CCC2)c1cccn1C. The number of likely N-dealkylation sites (N-methyl/N-ethyl adjacent to an activating group) is 1. The van der Waals surface area contributed by atoms with Gasteiger partial charge in [0.2, 0.25) is 10.0 Å². The highest BCUT2D eigenvalue weighted by molar-refractivity contribution is 7.92. The third kappa shape index (κ3) is 5.26. The molecule has 168 valence electrons. The van der Waals surface area contributed by atoms with Gasteiger partial charge in [-0.1, -0.05) is 6.07 Å². The summed E-state index contributed by atoms with van der Waals surface area (Å²) in [6.45, 7) is 0.665. The zero-order valence-electron chi connectivity index (χ0n) is 18.3. The number of hydrogen-bond acceptors (Lipinski definition) is 5. The lowest BCUT2D eigenvalue weighted by atomic mass is 10.0. The Morgan fingerprint density at radius 1 is 1.19 bits per heavy atom. The second kappa shape index (κ2) is 9.11. The highest BCUT2D eigenvalue weighted by atomic mass is 32.2. The number of sulfonamides is 1. The van der Waals surface area contributed by atoms with Crippen molar-refractivity contribution in [3.63, 3.8) is 0 Å². The maximum absolute atomic E-state index is 12.4. The second-order valence-corrected chi connectivity index (χ2v) is 9.88. The fraction of sp³-hybridized carbons (Fsp3) is 0.429. The Morgan fingerprint density at radius 3 is 2.55 bits per heavy atom. The van der Waals surface area contributed by atoms with Crippen molar-refractivity contribution in [1.29, 1.82) is 0 Å². The standard InChI is InChI=1S/C21H29N5O4S/c1-24(2)19(17-8-6-11-25(17)3)14-22-20(27)21(28)23-16-10-9-15-7-5-12-26(18(15)13-16)31(4,29)30/h6,8-11,13,19H,5,7,12,14H2,1-4H3,(H,22,27)(H,23,28). The first-order chi connectivity index (χ1) is 14.6. The summed E-state index contributed by atoms with van der Waals surface area (Å²) in [4.78, 5) is 26.8. The normalized spacial score (nSPS) is 14.8. The molecule has 2 aromatic rings. The summed E-state index contributed by atoms with van der Waals surface area (Å²) in [5, 5.41) is 5.25. The number of nitrogens with one attached hydrogen (secondary N) is 2. The molecule has 3 rings (SSSR count). The number of amides is 2. The Kier molecular flexibility index (Phi) is 6.71. The molecular formula is C21H29N5O4S. The molecule has 31 heavy (non-hydrogen) atoms. The fourth-order valence-corrected chi connectivity index (χ4v) is 4.78. The van der Waals surface area contributed by atoms with Crippen LogP contribution in [0.2, 0.25) is 0 Å². The first-order valence-electron chi connectivity index (χ1n) is 10.1. The Labute approximate surface area is 183 Å². The average molecular weight is 448 g/mol. The van der Waals surface area contributed by atoms with Gasteiger partial charge in [0, 0.05) is 37.7 Å². The maximum atomic E-state index is 12.4. The second-order valence-electron chi connectivity index (χ2n) is 7.97. The van der Waals surface area contributed by atoms with E-state index in [1.165, 1.54) is 4.31 Å². The number of anilines is 2. The van der Waals surface area contributed by atoms with E-state index in [4.69, 9.17) is 0 Å². The predicted octanol–water partition coefficient (Wildman–Crippen LogP) is 1.09. The maximum Gasteiger partial charge on any atom is 0.313 e. The number of aromatic nitrogens is 1. The molecule has 1 aromatic carbocycles. The molecule has 2 N–H and O–H groups in total. The van der Waals surface area contributed by atoms with Crippen molar-refractivity contribution in [2.45, 2.75) is 18.9 Å². The molecule has 1 aromatic heterocycles. The van der Waals surface area contributed by atoms with E-state index in [9.17, 15) is 18.0 Å². The van der Waals surface area contributed by atoms with Crippen LogP contribution in [0.25, 0.3) is 0 Å². The minimum atomic E-state index is -3.42. The smallest absolute Gasteiger partial charge is 0.313 e. The van der Waals surface area contributed by atoms with Crippen LogP contribution in [0.1, 0.15) is 23.7 Å². The molecule has 2 amide bonds. The molecule has 0 spiro atoms. The van der Waals surface area contributed by atoms with E-state index in [2.05, 4.69) is 10.6 Å². The van der Waals surface area contributed by atoms with Crippen LogP contribution in [0.5, 0.6) is 0 Å². The van der Waals surface area contributed by atoms with Crippen LogP contribution in [0.3, 0.4) is 0 Å². The summed E-state index contributed by atoms with van der Waals surface area (Å²) in [6.07, 6.45) is 4.59. The predicted molar refractivity (Wildman–Crippen MR) is 120 cm³/mol. The number of hydrogen-bond donors (Lipinski definition) is 2. The van der Waals surface area contributed by atoms with E-state index >= 15 is 0 Å². The van der Waals surface area contributed by atoms with Gasteiger partial charge in [0.15, 0.2) is 0 Å². The van der Waals surface area contributed by atoms with Crippen molar-refractivity contribution in [2.24, 2.45) is 7.05 Å². The van der Waals surface area contributed by atoms with Gasteiger partial charge in [-0.25, -0.2) is 8.42 Å². The molecular weight excluding hydrogens is 418 g/mol. The minimum absolute atomic E-state index is 0.0937. The lowest BCUT2D eigenvalue weighted by Gasteiger charge is -2.29. The van der Waals surface area contributed by atoms with Gasteiger partial charge in [-0.2, -0.15) is 0 Å². The number of aryl methyl sites for hydroxylation is 2. The largest absolute Gasteiger partial charge is 0.353 e. The molecule has 0 saturated heterocycles. The van der Waals surface area contributed by atoms with Crippen molar-refractivity contribution >= 4 is 33.2 Å². The van der Waals surface area contributed by atoms with Crippen LogP contribution in [-0.2, 0) is 33.1 Å². The number of nitrogens with zero attached hydrogens (tertiary/aromatic N) is 3. The monoisotopic (exact) mass is 447 g/mol. The van der Waals surface area contributed by atoms with Crippen molar-refractivity contribution < 1.29 is 18.0 Å². The molecule has 0 fully saturated rings. The summed E-state index contributed by atoms with van der Waals surface area (Å²) >= 11 is 0. The molecule has 1 atom stereocenters. The molecule has 1 unspecified atom stereocenters. The molecule has 0 bridgehead atoms. The molecule has 2 heterocycles. The van der Waals surface area contributed by atoms with Crippen LogP contribution >= 0.6 is 0 Å². The van der Waals surface area contributed by atoms with Crippen molar-refractivity contribution in [3.05, 3.63) is 47.8 Å². The van der Waals surface area contributed by atoms with E-state index in [-0.39, 0.29) is 12.6 Å². The van der Waals surface area contributed by atoms with E-state index < -0.39 is 21.8 Å². The van der Waals surface area contributed by atoms with Crippen molar-refractivity contribution in [1.82, 2.24) is 14.8 Å². The molecule has 0 aliphatic carbocycles. The van der Waals surface area contributed by atoms with Crippen LogP contribution in [0.4, 0.5) is 11.4 Å². The Bertz CT molecular complexity index is 1080. The molecule has 1 aliphatic rings. The first kappa shape index (κ1) is 22.8. The van der Waals surface area contributed by atoms with Crippen molar-refractivity contribution in [2.75, 3.05) is 43.1 Å². The summed E-state index contributed by atoms with van der Waals surface area (Å²) in [5.74, 6) is -1.55. The summed E-state index contributed by atoms with van der Waals surface area (Å²) < 4.78 is 27.5. The van der Waals surface area contributed by atoms with Gasteiger partial charge >= 0.3 is 11.8 Å². The molecule has 0 saturated carbocycles. The van der Waals surface area contributed by atoms with Crippen LogP contribution < -0.4 is 14.9 Å². The van der Waals surface area contributed by atoms with Gasteiger partial charge in [0.05, 0.1) is 18.0 Å². The van der Waals surface area contributed by atoms with E-state index in [0.717, 1.165) is 30.4 Å². The third-order valence-electron chi connectivity index (χ3n) is 5.43. The van der Waals surface area contributed by atoms with Gasteiger partial charge in [-0.05, 0) is 56.8 Å². The fourth-order valence-electron chi connectivity index (χ4n) is 3.79. The summed E-state index contributed by atoms with van der Waals surface area (Å²) in [6, 6.07) is 8.88. The zero-order chi connectivity index (χ0) is 22.8. The quantitative estimate of drug-likeness (QED) is 0.646. The average Bonchev–Trinajstić information content (AvgIpc) is 3.12. The third-order valence-corrected chi connectivity index (χ3v) is 6.61. The highest BCUT2D eigenvalue weighted by Gasteiger charge is 2.25. The zero-order valence-corrected chi connectivity index (χ0v) is 19.1. The van der Waals surface area contributed by atoms with E-state index in [0.29, 0.717) is 17.9 Å². The highest BCUT2D eigenvalue weighted by Crippen LogP contribution is 2.31. The Hall–Kier alpha value is -2.85. The van der Waals surface area contributed by atoms with E-state index in [1.54, 1.807) is 18.2 Å². The first-order valence-corrected chi connectivity index (χ1v) is 11.9. The molecule has 1 aliphatic heterocycles. The number of fused-ring (bicyclic) bond motifs is 1. The Morgan fingerprint density at radius 2 is 1.94 bits per heavy atom. The van der Waals surface area contributed by atoms with Crippen LogP contribution in [0, 0.1) is 0 Å². The number of rotatable bonds is 6. The Balaban J connectivity index is 1.67. The van der Waals surface area contributed by atoms with Gasteiger partial charge in [-0.3, -0.25) is 18.8 Å². The number of carbonyl (C=O) groups excluding carboxylic acids is 2. The van der Waals surface area contributed by atoms with Gasteiger partial charge < -0.3 is 15.2 Å². The lowest BCUT2D eigenvalue weighted by molar-refractivity contribution is -0.136. The topological polar surface area (TPSA) is 104 Å². The van der Waals surface area contributed by atoms with Crippen LogP contribution in [-0.4, -0.2) is 63.1 Å².